The first-order valence-electron chi connectivity index (χ1n) is 6.82. The third-order valence-electron chi connectivity index (χ3n) is 3.55. The molecule has 1 aliphatic carbocycles. The van der Waals surface area contributed by atoms with Crippen molar-refractivity contribution in [2.45, 2.75) is 44.0 Å². The maximum atomic E-state index is 12.6. The van der Waals surface area contributed by atoms with Gasteiger partial charge >= 0.3 is 0 Å². The average Bonchev–Trinajstić information content (AvgIpc) is 3.14. The first-order valence-corrected chi connectivity index (χ1v) is 8.31. The van der Waals surface area contributed by atoms with Crippen molar-refractivity contribution < 1.29 is 13.2 Å². The summed E-state index contributed by atoms with van der Waals surface area (Å²) in [5.41, 5.74) is 5.66. The number of rotatable bonds is 6. The first-order chi connectivity index (χ1) is 9.26. The van der Waals surface area contributed by atoms with E-state index in [-0.39, 0.29) is 4.90 Å². The third-order valence-corrected chi connectivity index (χ3v) is 5.25. The first kappa shape index (κ1) is 15.1. The molecule has 20 heavy (non-hydrogen) atoms. The van der Waals surface area contributed by atoms with E-state index in [1.165, 1.54) is 6.07 Å². The van der Waals surface area contributed by atoms with Gasteiger partial charge in [-0.05, 0) is 57.7 Å². The van der Waals surface area contributed by atoms with Gasteiger partial charge < -0.3 is 10.5 Å². The Labute approximate surface area is 120 Å². The van der Waals surface area contributed by atoms with Crippen molar-refractivity contribution in [3.63, 3.8) is 0 Å². The van der Waals surface area contributed by atoms with Crippen molar-refractivity contribution in [1.82, 2.24) is 4.72 Å². The summed E-state index contributed by atoms with van der Waals surface area (Å²) in [6.45, 7) is 6.04. The summed E-state index contributed by atoms with van der Waals surface area (Å²) in [4.78, 5) is 0.105. The Balaban J connectivity index is 2.35. The zero-order valence-corrected chi connectivity index (χ0v) is 13.0. The number of anilines is 1. The van der Waals surface area contributed by atoms with Crippen LogP contribution in [0.5, 0.6) is 5.75 Å². The zero-order chi connectivity index (χ0) is 15.0. The molecular formula is C14H22N2O3S. The molecule has 0 atom stereocenters. The summed E-state index contributed by atoms with van der Waals surface area (Å²) >= 11 is 0. The molecule has 1 aromatic rings. The van der Waals surface area contributed by atoms with Gasteiger partial charge in [-0.1, -0.05) is 0 Å². The van der Waals surface area contributed by atoms with Gasteiger partial charge in [-0.25, -0.2) is 13.1 Å². The molecule has 0 aliphatic heterocycles. The van der Waals surface area contributed by atoms with Crippen molar-refractivity contribution in [3.05, 3.63) is 18.2 Å². The summed E-state index contributed by atoms with van der Waals surface area (Å²) in [6, 6.07) is 4.67. The van der Waals surface area contributed by atoms with E-state index in [1.807, 2.05) is 20.8 Å². The van der Waals surface area contributed by atoms with Gasteiger partial charge in [0.25, 0.3) is 0 Å². The second-order valence-corrected chi connectivity index (χ2v) is 7.39. The van der Waals surface area contributed by atoms with Crippen LogP contribution in [-0.4, -0.2) is 20.6 Å². The van der Waals surface area contributed by atoms with Crippen LogP contribution in [0, 0.1) is 5.92 Å². The molecule has 0 bridgehead atoms. The van der Waals surface area contributed by atoms with Gasteiger partial charge in [0.15, 0.2) is 0 Å². The van der Waals surface area contributed by atoms with Gasteiger partial charge in [-0.3, -0.25) is 0 Å². The lowest BCUT2D eigenvalue weighted by Crippen LogP contribution is -2.45. The number of benzene rings is 1. The Kier molecular flexibility index (Phi) is 3.97. The Morgan fingerprint density at radius 2 is 2.05 bits per heavy atom. The lowest BCUT2D eigenvalue weighted by atomic mass is 10.0. The predicted molar refractivity (Wildman–Crippen MR) is 79.1 cm³/mol. The molecule has 1 fully saturated rings. The molecule has 0 radical (unpaired) electrons. The van der Waals surface area contributed by atoms with E-state index >= 15 is 0 Å². The van der Waals surface area contributed by atoms with E-state index in [4.69, 9.17) is 10.5 Å². The van der Waals surface area contributed by atoms with Gasteiger partial charge in [0.2, 0.25) is 10.0 Å². The summed E-state index contributed by atoms with van der Waals surface area (Å²) < 4.78 is 33.3. The van der Waals surface area contributed by atoms with Crippen LogP contribution in [0.15, 0.2) is 23.1 Å². The highest BCUT2D eigenvalue weighted by atomic mass is 32.2. The topological polar surface area (TPSA) is 81.4 Å². The molecule has 0 aromatic heterocycles. The molecule has 1 saturated carbocycles. The quantitative estimate of drug-likeness (QED) is 0.788. The van der Waals surface area contributed by atoms with Crippen molar-refractivity contribution in [3.8, 4) is 5.75 Å². The van der Waals surface area contributed by atoms with Gasteiger partial charge in [0.1, 0.15) is 10.6 Å². The number of hydrogen-bond acceptors (Lipinski definition) is 4. The van der Waals surface area contributed by atoms with E-state index < -0.39 is 15.6 Å². The van der Waals surface area contributed by atoms with Crippen LogP contribution in [0.2, 0.25) is 0 Å². The smallest absolute Gasteiger partial charge is 0.244 e. The fourth-order valence-electron chi connectivity index (χ4n) is 2.30. The highest BCUT2D eigenvalue weighted by Crippen LogP contribution is 2.40. The molecule has 6 heteroatoms. The number of hydrogen-bond donors (Lipinski definition) is 2. The Morgan fingerprint density at radius 1 is 1.40 bits per heavy atom. The molecule has 1 aromatic carbocycles. The molecule has 0 saturated heterocycles. The Morgan fingerprint density at radius 3 is 2.60 bits per heavy atom. The monoisotopic (exact) mass is 298 g/mol. The molecule has 112 valence electrons. The lowest BCUT2D eigenvalue weighted by molar-refractivity contribution is 0.330. The molecule has 3 N–H and O–H groups in total. The number of nitrogens with two attached hydrogens (primary N) is 1. The van der Waals surface area contributed by atoms with E-state index in [0.29, 0.717) is 24.0 Å². The van der Waals surface area contributed by atoms with Crippen molar-refractivity contribution in [2.75, 3.05) is 12.3 Å². The zero-order valence-electron chi connectivity index (χ0n) is 12.1. The van der Waals surface area contributed by atoms with E-state index in [1.54, 1.807) is 12.1 Å². The summed E-state index contributed by atoms with van der Waals surface area (Å²) in [7, 11) is -3.65. The normalized spacial score (nSPS) is 16.1. The fourth-order valence-corrected chi connectivity index (χ4v) is 3.95. The Bertz CT molecular complexity index is 592. The second-order valence-electron chi connectivity index (χ2n) is 5.74. The predicted octanol–water partition coefficient (Wildman–Crippen LogP) is 2.13. The number of nitrogens with one attached hydrogen (secondary N) is 1. The highest BCUT2D eigenvalue weighted by molar-refractivity contribution is 7.89. The maximum Gasteiger partial charge on any atom is 0.244 e. The maximum absolute atomic E-state index is 12.6. The van der Waals surface area contributed by atoms with Gasteiger partial charge in [-0.15, -0.1) is 0 Å². The summed E-state index contributed by atoms with van der Waals surface area (Å²) in [5.74, 6) is 0.731. The molecule has 0 amide bonds. The molecule has 1 aliphatic rings. The Hall–Kier alpha value is -1.27. The van der Waals surface area contributed by atoms with Crippen LogP contribution >= 0.6 is 0 Å². The number of ether oxygens (including phenoxy) is 1. The number of nitrogen functional groups attached to an aromatic ring is 1. The van der Waals surface area contributed by atoms with Crippen LogP contribution in [0.1, 0.15) is 33.6 Å². The van der Waals surface area contributed by atoms with E-state index in [2.05, 4.69) is 4.72 Å². The minimum atomic E-state index is -3.65. The van der Waals surface area contributed by atoms with Gasteiger partial charge in [-0.2, -0.15) is 0 Å². The summed E-state index contributed by atoms with van der Waals surface area (Å²) in [5, 5.41) is 0. The van der Waals surface area contributed by atoms with Gasteiger partial charge in [0, 0.05) is 11.2 Å². The van der Waals surface area contributed by atoms with Crippen LogP contribution in [0.3, 0.4) is 0 Å². The number of sulfonamides is 1. The lowest BCUT2D eigenvalue weighted by Gasteiger charge is -2.26. The average molecular weight is 298 g/mol. The van der Waals surface area contributed by atoms with Gasteiger partial charge in [0.05, 0.1) is 6.61 Å². The second kappa shape index (κ2) is 5.26. The summed E-state index contributed by atoms with van der Waals surface area (Å²) in [6.07, 6.45) is 2.12. The fraction of sp³-hybridized carbons (Fsp3) is 0.571. The van der Waals surface area contributed by atoms with Crippen molar-refractivity contribution >= 4 is 15.7 Å². The van der Waals surface area contributed by atoms with Crippen molar-refractivity contribution in [2.24, 2.45) is 5.92 Å². The standard InChI is InChI=1S/C14H22N2O3S/c1-4-19-12-8-7-11(15)9-13(12)20(17,18)16-14(2,3)10-5-6-10/h7-10,16H,4-6,15H2,1-3H3. The largest absolute Gasteiger partial charge is 0.492 e. The minimum Gasteiger partial charge on any atom is -0.492 e. The van der Waals surface area contributed by atoms with Crippen LogP contribution in [0.25, 0.3) is 0 Å². The molecule has 0 spiro atoms. The molecular weight excluding hydrogens is 276 g/mol. The molecule has 2 rings (SSSR count). The molecule has 5 nitrogen and oxygen atoms in total. The SMILES string of the molecule is CCOc1ccc(N)cc1S(=O)(=O)NC(C)(C)C1CC1. The van der Waals surface area contributed by atoms with E-state index in [0.717, 1.165) is 12.8 Å². The minimum absolute atomic E-state index is 0.105. The highest BCUT2D eigenvalue weighted by Gasteiger charge is 2.41. The van der Waals surface area contributed by atoms with Crippen LogP contribution in [-0.2, 0) is 10.0 Å². The van der Waals surface area contributed by atoms with Crippen LogP contribution in [0.4, 0.5) is 5.69 Å². The molecule has 0 heterocycles. The molecule has 0 unspecified atom stereocenters. The van der Waals surface area contributed by atoms with Crippen LogP contribution < -0.4 is 15.2 Å². The third kappa shape index (κ3) is 3.24. The van der Waals surface area contributed by atoms with E-state index in [9.17, 15) is 8.42 Å². The van der Waals surface area contributed by atoms with Crippen molar-refractivity contribution in [1.29, 1.82) is 0 Å².